The topological polar surface area (TPSA) is 66.5 Å². The number of ether oxygens (including phenoxy) is 1. The van der Waals surface area contributed by atoms with E-state index in [0.717, 1.165) is 5.56 Å². The van der Waals surface area contributed by atoms with E-state index in [1.54, 1.807) is 30.6 Å². The summed E-state index contributed by atoms with van der Waals surface area (Å²) in [7, 11) is 0. The van der Waals surface area contributed by atoms with Gasteiger partial charge in [0.1, 0.15) is 5.82 Å². The molecule has 2 N–H and O–H groups in total. The van der Waals surface area contributed by atoms with Crippen molar-refractivity contribution in [2.45, 2.75) is 32.6 Å². The number of nitrogens with one attached hydrogen (secondary N) is 2. The van der Waals surface area contributed by atoms with Crippen LogP contribution in [-0.4, -0.2) is 36.3 Å². The van der Waals surface area contributed by atoms with Gasteiger partial charge in [0.2, 0.25) is 0 Å². The summed E-state index contributed by atoms with van der Waals surface area (Å²) in [6, 6.07) is 8.00. The predicted molar refractivity (Wildman–Crippen MR) is 98.7 cm³/mol. The number of rotatable bonds is 4. The zero-order valence-electron chi connectivity index (χ0n) is 14.9. The molecule has 26 heavy (non-hydrogen) atoms. The number of carbonyl (C=O) groups excluding carboxylic acids is 1. The van der Waals surface area contributed by atoms with E-state index in [1.165, 1.54) is 6.07 Å². The number of aromatic nitrogens is 1. The minimum absolute atomic E-state index is 0.0502. The summed E-state index contributed by atoms with van der Waals surface area (Å²) in [5.41, 5.74) is 1.82. The van der Waals surface area contributed by atoms with Gasteiger partial charge in [0.05, 0.1) is 17.9 Å². The zero-order chi connectivity index (χ0) is 18.5. The lowest BCUT2D eigenvalue weighted by Crippen LogP contribution is -2.45. The number of hydrogen-bond donors (Lipinski definition) is 2. The van der Waals surface area contributed by atoms with Crippen molar-refractivity contribution in [2.75, 3.05) is 23.3 Å². The molecule has 1 aromatic heterocycles. The zero-order valence-corrected chi connectivity index (χ0v) is 14.9. The maximum Gasteiger partial charge on any atom is 0.319 e. The van der Waals surface area contributed by atoms with Crippen molar-refractivity contribution >= 4 is 17.4 Å². The molecule has 1 aliphatic rings. The van der Waals surface area contributed by atoms with Crippen LogP contribution in [0.4, 0.5) is 20.6 Å². The minimum atomic E-state index is -0.394. The van der Waals surface area contributed by atoms with Crippen molar-refractivity contribution in [3.63, 3.8) is 0 Å². The van der Waals surface area contributed by atoms with Crippen molar-refractivity contribution in [1.82, 2.24) is 10.3 Å². The monoisotopic (exact) mass is 358 g/mol. The molecule has 0 bridgehead atoms. The third-order valence-corrected chi connectivity index (χ3v) is 4.14. The van der Waals surface area contributed by atoms with Crippen LogP contribution < -0.4 is 15.5 Å². The fraction of sp³-hybridized carbons (Fsp3) is 0.368. The van der Waals surface area contributed by atoms with Crippen molar-refractivity contribution in [3.05, 3.63) is 54.1 Å². The third kappa shape index (κ3) is 4.70. The first kappa shape index (κ1) is 18.1. The highest BCUT2D eigenvalue weighted by atomic mass is 19.1. The Morgan fingerprint density at radius 2 is 2.08 bits per heavy atom. The van der Waals surface area contributed by atoms with Crippen LogP contribution in [0.25, 0.3) is 0 Å². The van der Waals surface area contributed by atoms with Crippen LogP contribution >= 0.6 is 0 Å². The van der Waals surface area contributed by atoms with Gasteiger partial charge in [-0.2, -0.15) is 0 Å². The van der Waals surface area contributed by atoms with E-state index < -0.39 is 6.03 Å². The Hall–Kier alpha value is -2.67. The first-order valence-corrected chi connectivity index (χ1v) is 8.65. The predicted octanol–water partition coefficient (Wildman–Crippen LogP) is 3.16. The van der Waals surface area contributed by atoms with Crippen LogP contribution in [0, 0.1) is 5.82 Å². The summed E-state index contributed by atoms with van der Waals surface area (Å²) in [4.78, 5) is 17.9. The normalized spacial score (nSPS) is 19.9. The van der Waals surface area contributed by atoms with E-state index >= 15 is 0 Å². The van der Waals surface area contributed by atoms with Crippen LogP contribution in [0.2, 0.25) is 0 Å². The van der Waals surface area contributed by atoms with Gasteiger partial charge >= 0.3 is 6.03 Å². The molecule has 0 radical (unpaired) electrons. The Balaban J connectivity index is 1.59. The number of carbonyl (C=O) groups is 1. The molecule has 0 saturated carbocycles. The molecule has 6 nitrogen and oxygen atoms in total. The average molecular weight is 358 g/mol. The molecule has 7 heteroatoms. The van der Waals surface area contributed by atoms with E-state index in [-0.39, 0.29) is 18.0 Å². The summed E-state index contributed by atoms with van der Waals surface area (Å²) in [6.45, 7) is 5.58. The van der Waals surface area contributed by atoms with Gasteiger partial charge in [0.15, 0.2) is 0 Å². The van der Waals surface area contributed by atoms with Crippen molar-refractivity contribution in [3.8, 4) is 0 Å². The Labute approximate surface area is 152 Å². The van der Waals surface area contributed by atoms with E-state index in [1.807, 2.05) is 24.8 Å². The number of halogens is 1. The molecule has 1 saturated heterocycles. The highest BCUT2D eigenvalue weighted by Gasteiger charge is 2.24. The molecule has 2 atom stereocenters. The number of pyridine rings is 1. The fourth-order valence-electron chi connectivity index (χ4n) is 3.08. The van der Waals surface area contributed by atoms with E-state index in [2.05, 4.69) is 15.6 Å². The number of urea groups is 1. The molecule has 1 aliphatic heterocycles. The van der Waals surface area contributed by atoms with Gasteiger partial charge in [-0.25, -0.2) is 9.18 Å². The number of amides is 2. The summed E-state index contributed by atoms with van der Waals surface area (Å²) < 4.78 is 20.2. The Morgan fingerprint density at radius 3 is 2.73 bits per heavy atom. The lowest BCUT2D eigenvalue weighted by Gasteiger charge is -2.37. The molecule has 0 unspecified atom stereocenters. The number of benzene rings is 1. The van der Waals surface area contributed by atoms with Crippen LogP contribution in [0.5, 0.6) is 0 Å². The second kappa shape index (κ2) is 8.14. The molecule has 138 valence electrons. The van der Waals surface area contributed by atoms with Crippen LogP contribution in [0.15, 0.2) is 42.7 Å². The van der Waals surface area contributed by atoms with Crippen LogP contribution in [-0.2, 0) is 11.3 Å². The van der Waals surface area contributed by atoms with Crippen LogP contribution in [0.3, 0.4) is 0 Å². The standard InChI is InChI=1S/C19H23FN4O2/c1-13-11-24(12-14(2)26-13)18-6-5-16(8-17(18)20)23-19(25)22-10-15-4-3-7-21-9-15/h3-9,13-14H,10-12H2,1-2H3,(H2,22,23,25)/t13-,14-/m0/s1. The van der Waals surface area contributed by atoms with Gasteiger partial charge in [-0.05, 0) is 43.7 Å². The fourth-order valence-corrected chi connectivity index (χ4v) is 3.08. The van der Waals surface area contributed by atoms with Gasteiger partial charge in [0, 0.05) is 37.7 Å². The van der Waals surface area contributed by atoms with E-state index in [9.17, 15) is 9.18 Å². The second-order valence-corrected chi connectivity index (χ2v) is 6.50. The van der Waals surface area contributed by atoms with E-state index in [4.69, 9.17) is 4.74 Å². The Kier molecular flexibility index (Phi) is 5.68. The first-order valence-electron chi connectivity index (χ1n) is 8.65. The molecule has 1 aromatic carbocycles. The maximum absolute atomic E-state index is 14.5. The van der Waals surface area contributed by atoms with Crippen LogP contribution in [0.1, 0.15) is 19.4 Å². The van der Waals surface area contributed by atoms with Gasteiger partial charge in [-0.3, -0.25) is 4.98 Å². The smallest absolute Gasteiger partial charge is 0.319 e. The van der Waals surface area contributed by atoms with Crippen molar-refractivity contribution in [1.29, 1.82) is 0 Å². The molecule has 1 fully saturated rings. The lowest BCUT2D eigenvalue weighted by molar-refractivity contribution is -0.00539. The number of nitrogens with zero attached hydrogens (tertiary/aromatic N) is 2. The first-order chi connectivity index (χ1) is 12.5. The summed E-state index contributed by atoms with van der Waals surface area (Å²) >= 11 is 0. The molecular formula is C19H23FN4O2. The van der Waals surface area contributed by atoms with Gasteiger partial charge in [0.25, 0.3) is 0 Å². The molecule has 0 aliphatic carbocycles. The molecule has 3 rings (SSSR count). The largest absolute Gasteiger partial charge is 0.372 e. The highest BCUT2D eigenvalue weighted by molar-refractivity contribution is 5.89. The molecule has 2 aromatic rings. The number of hydrogen-bond acceptors (Lipinski definition) is 4. The van der Waals surface area contributed by atoms with Gasteiger partial charge < -0.3 is 20.3 Å². The molecular weight excluding hydrogens is 335 g/mol. The average Bonchev–Trinajstić information content (AvgIpc) is 2.60. The van der Waals surface area contributed by atoms with Crippen molar-refractivity contribution < 1.29 is 13.9 Å². The van der Waals surface area contributed by atoms with E-state index in [0.29, 0.717) is 31.0 Å². The quantitative estimate of drug-likeness (QED) is 0.881. The summed E-state index contributed by atoms with van der Waals surface area (Å²) in [5.74, 6) is -0.364. The van der Waals surface area contributed by atoms with Gasteiger partial charge in [-0.1, -0.05) is 6.07 Å². The molecule has 0 spiro atoms. The number of morpholine rings is 1. The summed E-state index contributed by atoms with van der Waals surface area (Å²) in [5, 5.41) is 5.36. The second-order valence-electron chi connectivity index (χ2n) is 6.50. The SMILES string of the molecule is C[C@H]1CN(c2ccc(NC(=O)NCc3cccnc3)cc2F)C[C@H](C)O1. The van der Waals surface area contributed by atoms with Gasteiger partial charge in [-0.15, -0.1) is 0 Å². The lowest BCUT2D eigenvalue weighted by atomic mass is 10.2. The Morgan fingerprint density at radius 1 is 1.31 bits per heavy atom. The molecule has 2 heterocycles. The number of anilines is 2. The molecule has 2 amide bonds. The summed E-state index contributed by atoms with van der Waals surface area (Å²) in [6.07, 6.45) is 3.45. The minimum Gasteiger partial charge on any atom is -0.372 e. The van der Waals surface area contributed by atoms with Crippen molar-refractivity contribution in [2.24, 2.45) is 0 Å². The maximum atomic E-state index is 14.5. The Bertz CT molecular complexity index is 746. The highest BCUT2D eigenvalue weighted by Crippen LogP contribution is 2.26. The third-order valence-electron chi connectivity index (χ3n) is 4.14.